The van der Waals surface area contributed by atoms with E-state index in [2.05, 4.69) is 24.4 Å². The summed E-state index contributed by atoms with van der Waals surface area (Å²) in [6.45, 7) is 3.48. The predicted octanol–water partition coefficient (Wildman–Crippen LogP) is 4.52. The zero-order chi connectivity index (χ0) is 19.5. The number of aryl methyl sites for hydroxylation is 1. The van der Waals surface area contributed by atoms with Crippen molar-refractivity contribution in [3.8, 4) is 0 Å². The Morgan fingerprint density at radius 3 is 2.33 bits per heavy atom. The van der Waals surface area contributed by atoms with Crippen LogP contribution in [0.1, 0.15) is 70.3 Å². The van der Waals surface area contributed by atoms with Crippen LogP contribution in [-0.2, 0) is 11.2 Å². The molecule has 1 atom stereocenters. The summed E-state index contributed by atoms with van der Waals surface area (Å²) < 4.78 is 0. The fraction of sp³-hybridized carbons (Fsp3) is 0.636. The number of anilines is 1. The van der Waals surface area contributed by atoms with Crippen LogP contribution in [0.2, 0.25) is 0 Å². The van der Waals surface area contributed by atoms with Gasteiger partial charge >= 0.3 is 0 Å². The molecule has 1 aliphatic heterocycles. The van der Waals surface area contributed by atoms with Gasteiger partial charge in [-0.05, 0) is 37.0 Å². The number of amides is 1. The molecule has 0 spiro atoms. The van der Waals surface area contributed by atoms with E-state index in [1.165, 1.54) is 56.9 Å². The summed E-state index contributed by atoms with van der Waals surface area (Å²) in [6.07, 6.45) is 12.6. The summed E-state index contributed by atoms with van der Waals surface area (Å²) in [6, 6.07) is 8.23. The number of hydrogen-bond acceptors (Lipinski definition) is 2. The van der Waals surface area contributed by atoms with E-state index in [0.29, 0.717) is 13.1 Å². The highest BCUT2D eigenvalue weighted by molar-refractivity contribution is 5.93. The van der Waals surface area contributed by atoms with Crippen LogP contribution in [0.25, 0.3) is 0 Å². The maximum absolute atomic E-state index is 12.4. The summed E-state index contributed by atoms with van der Waals surface area (Å²) in [4.78, 5) is 14.1. The SMILES string of the molecule is CCCCCCCCCCc1ccc(NC(=O)[C@@H]2CCN(C(=N)N)C2)cc1. The summed E-state index contributed by atoms with van der Waals surface area (Å²) in [5, 5.41) is 10.5. The van der Waals surface area contributed by atoms with Crippen molar-refractivity contribution in [2.45, 2.75) is 71.1 Å². The van der Waals surface area contributed by atoms with Gasteiger partial charge in [-0.2, -0.15) is 0 Å². The minimum Gasteiger partial charge on any atom is -0.370 e. The second kappa shape index (κ2) is 11.6. The highest BCUT2D eigenvalue weighted by Crippen LogP contribution is 2.19. The molecule has 1 aliphatic rings. The first-order chi connectivity index (χ1) is 13.1. The molecule has 1 aromatic rings. The number of nitrogens with two attached hydrogens (primary N) is 1. The molecule has 0 saturated carbocycles. The van der Waals surface area contributed by atoms with Crippen molar-refractivity contribution < 1.29 is 4.79 Å². The number of nitrogens with zero attached hydrogens (tertiary/aromatic N) is 1. The van der Waals surface area contributed by atoms with Crippen LogP contribution in [0.15, 0.2) is 24.3 Å². The van der Waals surface area contributed by atoms with Gasteiger partial charge in [-0.3, -0.25) is 10.2 Å². The molecule has 5 heteroatoms. The Labute approximate surface area is 164 Å². The molecule has 0 bridgehead atoms. The average molecular weight is 373 g/mol. The predicted molar refractivity (Wildman–Crippen MR) is 113 cm³/mol. The molecule has 1 aromatic carbocycles. The topological polar surface area (TPSA) is 82.2 Å². The molecule has 2 rings (SSSR count). The van der Waals surface area contributed by atoms with Gasteiger partial charge in [0.2, 0.25) is 5.91 Å². The Morgan fingerprint density at radius 1 is 1.11 bits per heavy atom. The molecule has 5 nitrogen and oxygen atoms in total. The molecule has 1 saturated heterocycles. The first-order valence-electron chi connectivity index (χ1n) is 10.6. The van der Waals surface area contributed by atoms with Crippen LogP contribution in [0.4, 0.5) is 5.69 Å². The number of hydrogen-bond donors (Lipinski definition) is 3. The number of unbranched alkanes of at least 4 members (excludes halogenated alkanes) is 7. The van der Waals surface area contributed by atoms with Gasteiger partial charge in [-0.1, -0.05) is 64.0 Å². The van der Waals surface area contributed by atoms with E-state index in [1.807, 2.05) is 12.1 Å². The minimum absolute atomic E-state index is 0.0228. The normalized spacial score (nSPS) is 16.5. The number of guanidine groups is 1. The van der Waals surface area contributed by atoms with Crippen molar-refractivity contribution >= 4 is 17.6 Å². The molecule has 0 radical (unpaired) electrons. The molecule has 27 heavy (non-hydrogen) atoms. The van der Waals surface area contributed by atoms with Crippen LogP contribution in [0.3, 0.4) is 0 Å². The lowest BCUT2D eigenvalue weighted by Crippen LogP contribution is -2.35. The summed E-state index contributed by atoms with van der Waals surface area (Å²) >= 11 is 0. The lowest BCUT2D eigenvalue weighted by atomic mass is 10.0. The number of carbonyl (C=O) groups is 1. The van der Waals surface area contributed by atoms with Gasteiger partial charge in [-0.15, -0.1) is 0 Å². The van der Waals surface area contributed by atoms with E-state index >= 15 is 0 Å². The van der Waals surface area contributed by atoms with E-state index in [-0.39, 0.29) is 17.8 Å². The van der Waals surface area contributed by atoms with Crippen molar-refractivity contribution in [1.29, 1.82) is 5.41 Å². The first-order valence-corrected chi connectivity index (χ1v) is 10.6. The van der Waals surface area contributed by atoms with Gasteiger partial charge in [0.1, 0.15) is 0 Å². The Morgan fingerprint density at radius 2 is 1.74 bits per heavy atom. The zero-order valence-electron chi connectivity index (χ0n) is 16.8. The summed E-state index contributed by atoms with van der Waals surface area (Å²) in [5.74, 6) is -0.0175. The largest absolute Gasteiger partial charge is 0.370 e. The lowest BCUT2D eigenvalue weighted by Gasteiger charge is -2.15. The van der Waals surface area contributed by atoms with E-state index in [4.69, 9.17) is 11.1 Å². The smallest absolute Gasteiger partial charge is 0.229 e. The van der Waals surface area contributed by atoms with E-state index < -0.39 is 0 Å². The Hall–Kier alpha value is -2.04. The van der Waals surface area contributed by atoms with Gasteiger partial charge in [0.05, 0.1) is 5.92 Å². The van der Waals surface area contributed by atoms with Gasteiger partial charge in [-0.25, -0.2) is 0 Å². The number of carbonyl (C=O) groups excluding carboxylic acids is 1. The summed E-state index contributed by atoms with van der Waals surface area (Å²) in [5.41, 5.74) is 7.68. The highest BCUT2D eigenvalue weighted by atomic mass is 16.1. The van der Waals surface area contributed by atoms with Crippen LogP contribution < -0.4 is 11.1 Å². The van der Waals surface area contributed by atoms with Crippen LogP contribution >= 0.6 is 0 Å². The lowest BCUT2D eigenvalue weighted by molar-refractivity contribution is -0.119. The van der Waals surface area contributed by atoms with Gasteiger partial charge < -0.3 is 16.0 Å². The molecule has 150 valence electrons. The number of benzene rings is 1. The molecular formula is C22H36N4O. The molecule has 0 aliphatic carbocycles. The third kappa shape index (κ3) is 7.61. The Bertz CT molecular complexity index is 584. The number of rotatable bonds is 11. The maximum atomic E-state index is 12.4. The monoisotopic (exact) mass is 372 g/mol. The standard InChI is InChI=1S/C22H36N4O/c1-2-3-4-5-6-7-8-9-10-18-11-13-20(14-12-18)25-21(27)19-15-16-26(17-19)22(23)24/h11-14,19H,2-10,15-17H2,1H3,(H3,23,24)(H,25,27)/t19-/m1/s1. The Balaban J connectivity index is 1.63. The van der Waals surface area contributed by atoms with Gasteiger partial charge in [0, 0.05) is 18.8 Å². The molecule has 1 fully saturated rings. The van der Waals surface area contributed by atoms with Crippen molar-refractivity contribution in [2.75, 3.05) is 18.4 Å². The molecular weight excluding hydrogens is 336 g/mol. The Kier molecular flexibility index (Phi) is 9.16. The van der Waals surface area contributed by atoms with Crippen LogP contribution in [-0.4, -0.2) is 29.9 Å². The summed E-state index contributed by atoms with van der Waals surface area (Å²) in [7, 11) is 0. The van der Waals surface area contributed by atoms with Crippen molar-refractivity contribution in [2.24, 2.45) is 11.7 Å². The number of nitrogens with one attached hydrogen (secondary N) is 2. The van der Waals surface area contributed by atoms with Gasteiger partial charge in [0.15, 0.2) is 5.96 Å². The molecule has 4 N–H and O–H groups in total. The minimum atomic E-state index is -0.0918. The van der Waals surface area contributed by atoms with Crippen molar-refractivity contribution in [3.63, 3.8) is 0 Å². The van der Waals surface area contributed by atoms with E-state index in [1.54, 1.807) is 4.90 Å². The number of likely N-dealkylation sites (tertiary alicyclic amines) is 1. The maximum Gasteiger partial charge on any atom is 0.229 e. The first kappa shape index (κ1) is 21.3. The molecule has 0 aromatic heterocycles. The van der Waals surface area contributed by atoms with E-state index in [0.717, 1.165) is 18.5 Å². The average Bonchev–Trinajstić information content (AvgIpc) is 3.16. The fourth-order valence-electron chi connectivity index (χ4n) is 3.66. The third-order valence-electron chi connectivity index (χ3n) is 5.44. The highest BCUT2D eigenvalue weighted by Gasteiger charge is 2.28. The van der Waals surface area contributed by atoms with Crippen LogP contribution in [0.5, 0.6) is 0 Å². The van der Waals surface area contributed by atoms with Crippen molar-refractivity contribution in [1.82, 2.24) is 4.90 Å². The second-order valence-electron chi connectivity index (χ2n) is 7.73. The van der Waals surface area contributed by atoms with Crippen molar-refractivity contribution in [3.05, 3.63) is 29.8 Å². The van der Waals surface area contributed by atoms with Crippen LogP contribution in [0, 0.1) is 11.3 Å². The molecule has 1 amide bonds. The molecule has 0 unspecified atom stereocenters. The zero-order valence-corrected chi connectivity index (χ0v) is 16.8. The third-order valence-corrected chi connectivity index (χ3v) is 5.44. The quantitative estimate of drug-likeness (QED) is 0.303. The molecule has 1 heterocycles. The van der Waals surface area contributed by atoms with Gasteiger partial charge in [0.25, 0.3) is 0 Å². The second-order valence-corrected chi connectivity index (χ2v) is 7.73. The fourth-order valence-corrected chi connectivity index (χ4v) is 3.66. The van der Waals surface area contributed by atoms with E-state index in [9.17, 15) is 4.79 Å².